The normalized spacial score (nSPS) is 19.3. The smallest absolute Gasteiger partial charge is 0.305 e. The van der Waals surface area contributed by atoms with E-state index in [1.807, 2.05) is 0 Å². The fourth-order valence-corrected chi connectivity index (χ4v) is 0.989. The molecule has 66 valence electrons. The van der Waals surface area contributed by atoms with Crippen molar-refractivity contribution in [1.29, 1.82) is 0 Å². The molecule has 1 rings (SSSR count). The van der Waals surface area contributed by atoms with Crippen LogP contribution < -0.4 is 5.32 Å². The van der Waals surface area contributed by atoms with Crippen molar-refractivity contribution in [2.45, 2.75) is 19.9 Å². The second-order valence-electron chi connectivity index (χ2n) is 2.77. The Morgan fingerprint density at radius 1 is 1.58 bits per heavy atom. The zero-order valence-electron chi connectivity index (χ0n) is 6.96. The topological polar surface area (TPSA) is 66.5 Å². The van der Waals surface area contributed by atoms with Gasteiger partial charge in [-0.25, -0.2) is 4.79 Å². The predicted octanol–water partition coefficient (Wildman–Crippen LogP) is -0.484. The fraction of sp³-hybridized carbons (Fsp3) is 0.571. The van der Waals surface area contributed by atoms with E-state index in [4.69, 9.17) is 0 Å². The molecule has 3 amide bonds. The number of imide groups is 1. The first-order valence-electron chi connectivity index (χ1n) is 3.63. The van der Waals surface area contributed by atoms with E-state index in [1.165, 1.54) is 11.8 Å². The quantitative estimate of drug-likeness (QED) is 0.569. The molecule has 1 unspecified atom stereocenters. The van der Waals surface area contributed by atoms with Gasteiger partial charge in [0.1, 0.15) is 6.54 Å². The standard InChI is InChI=1S/C7H10N2O3/c1-4(5(2)10)9-3-6(11)8-7(9)12/h4H,3H2,1-2H3,(H,8,11,12). The first-order chi connectivity index (χ1) is 5.52. The summed E-state index contributed by atoms with van der Waals surface area (Å²) in [5, 5.41) is 2.10. The van der Waals surface area contributed by atoms with E-state index >= 15 is 0 Å². The summed E-state index contributed by atoms with van der Waals surface area (Å²) in [6, 6.07) is -1.00. The maximum atomic E-state index is 11.0. The van der Waals surface area contributed by atoms with Crippen molar-refractivity contribution in [2.75, 3.05) is 6.54 Å². The third kappa shape index (κ3) is 1.44. The highest BCUT2D eigenvalue weighted by Crippen LogP contribution is 2.05. The molecular weight excluding hydrogens is 160 g/mol. The molecule has 0 bridgehead atoms. The van der Waals surface area contributed by atoms with Crippen molar-refractivity contribution in [3.05, 3.63) is 0 Å². The largest absolute Gasteiger partial charge is 0.325 e. The van der Waals surface area contributed by atoms with Crippen LogP contribution in [0.1, 0.15) is 13.8 Å². The van der Waals surface area contributed by atoms with Crippen LogP contribution in [0.5, 0.6) is 0 Å². The fourth-order valence-electron chi connectivity index (χ4n) is 0.989. The third-order valence-corrected chi connectivity index (χ3v) is 1.88. The number of carbonyl (C=O) groups is 3. The number of carbonyl (C=O) groups excluding carboxylic acids is 3. The van der Waals surface area contributed by atoms with Gasteiger partial charge in [-0.2, -0.15) is 0 Å². The van der Waals surface area contributed by atoms with Gasteiger partial charge in [-0.1, -0.05) is 0 Å². The number of hydrogen-bond donors (Lipinski definition) is 1. The Morgan fingerprint density at radius 2 is 2.17 bits per heavy atom. The molecule has 5 nitrogen and oxygen atoms in total. The maximum Gasteiger partial charge on any atom is 0.325 e. The molecule has 1 saturated heterocycles. The lowest BCUT2D eigenvalue weighted by atomic mass is 10.2. The average Bonchev–Trinajstić information content (AvgIpc) is 2.28. The summed E-state index contributed by atoms with van der Waals surface area (Å²) in [7, 11) is 0. The molecule has 1 aliphatic rings. The van der Waals surface area contributed by atoms with Gasteiger partial charge in [-0.3, -0.25) is 14.9 Å². The van der Waals surface area contributed by atoms with Crippen molar-refractivity contribution < 1.29 is 14.4 Å². The number of hydrogen-bond acceptors (Lipinski definition) is 3. The molecule has 0 radical (unpaired) electrons. The minimum absolute atomic E-state index is 0.0143. The molecule has 0 aromatic rings. The van der Waals surface area contributed by atoms with Crippen LogP contribution in [0.4, 0.5) is 4.79 Å². The van der Waals surface area contributed by atoms with Gasteiger partial charge in [0.05, 0.1) is 6.04 Å². The van der Waals surface area contributed by atoms with Gasteiger partial charge in [0.25, 0.3) is 0 Å². The number of amides is 3. The van der Waals surface area contributed by atoms with Crippen molar-refractivity contribution in [2.24, 2.45) is 0 Å². The zero-order valence-corrected chi connectivity index (χ0v) is 6.96. The van der Waals surface area contributed by atoms with Crippen LogP contribution in [-0.2, 0) is 9.59 Å². The van der Waals surface area contributed by atoms with Crippen LogP contribution in [0, 0.1) is 0 Å². The number of urea groups is 1. The second kappa shape index (κ2) is 2.92. The molecule has 1 N–H and O–H groups in total. The second-order valence-corrected chi connectivity index (χ2v) is 2.77. The lowest BCUT2D eigenvalue weighted by Crippen LogP contribution is -2.40. The summed E-state index contributed by atoms with van der Waals surface area (Å²) in [6.07, 6.45) is 0. The molecule has 0 saturated carbocycles. The van der Waals surface area contributed by atoms with E-state index in [1.54, 1.807) is 6.92 Å². The third-order valence-electron chi connectivity index (χ3n) is 1.88. The number of Topliss-reactive ketones (excluding diaryl/α,β-unsaturated/α-hetero) is 1. The summed E-state index contributed by atoms with van der Waals surface area (Å²) in [4.78, 5) is 33.7. The SMILES string of the molecule is CC(=O)C(C)N1CC(=O)NC1=O. The molecule has 0 aromatic carbocycles. The van der Waals surface area contributed by atoms with E-state index in [2.05, 4.69) is 5.32 Å². The van der Waals surface area contributed by atoms with Crippen molar-refractivity contribution in [3.8, 4) is 0 Å². The Bertz CT molecular complexity index is 249. The van der Waals surface area contributed by atoms with Gasteiger partial charge < -0.3 is 4.90 Å². The molecule has 12 heavy (non-hydrogen) atoms. The molecule has 0 aliphatic carbocycles. The molecule has 5 heteroatoms. The lowest BCUT2D eigenvalue weighted by molar-refractivity contribution is -0.121. The molecule has 0 spiro atoms. The highest BCUT2D eigenvalue weighted by Gasteiger charge is 2.32. The van der Waals surface area contributed by atoms with Crippen molar-refractivity contribution >= 4 is 17.7 Å². The highest BCUT2D eigenvalue weighted by molar-refractivity contribution is 6.03. The van der Waals surface area contributed by atoms with Crippen LogP contribution in [-0.4, -0.2) is 35.2 Å². The lowest BCUT2D eigenvalue weighted by Gasteiger charge is -2.18. The Morgan fingerprint density at radius 3 is 2.50 bits per heavy atom. The van der Waals surface area contributed by atoms with E-state index in [0.717, 1.165) is 0 Å². The van der Waals surface area contributed by atoms with Crippen molar-refractivity contribution in [1.82, 2.24) is 10.2 Å². The van der Waals surface area contributed by atoms with Crippen LogP contribution >= 0.6 is 0 Å². The van der Waals surface area contributed by atoms with Gasteiger partial charge in [0.15, 0.2) is 5.78 Å². The Kier molecular flexibility index (Phi) is 2.12. The summed E-state index contributed by atoms with van der Waals surface area (Å²) in [5.41, 5.74) is 0. The van der Waals surface area contributed by atoms with E-state index in [-0.39, 0.29) is 18.2 Å². The number of nitrogens with one attached hydrogen (secondary N) is 1. The van der Waals surface area contributed by atoms with Gasteiger partial charge >= 0.3 is 6.03 Å². The summed E-state index contributed by atoms with van der Waals surface area (Å²) in [6.45, 7) is 2.97. The first kappa shape index (κ1) is 8.70. The summed E-state index contributed by atoms with van der Waals surface area (Å²) in [5.74, 6) is -0.479. The average molecular weight is 170 g/mol. The number of nitrogens with zero attached hydrogens (tertiary/aromatic N) is 1. The summed E-state index contributed by atoms with van der Waals surface area (Å²) < 4.78 is 0. The van der Waals surface area contributed by atoms with Crippen LogP contribution in [0.3, 0.4) is 0 Å². The minimum atomic E-state index is -0.517. The Hall–Kier alpha value is -1.39. The number of ketones is 1. The van der Waals surface area contributed by atoms with Crippen molar-refractivity contribution in [3.63, 3.8) is 0 Å². The van der Waals surface area contributed by atoms with E-state index < -0.39 is 12.1 Å². The molecular formula is C7H10N2O3. The Balaban J connectivity index is 2.70. The molecule has 0 aromatic heterocycles. The van der Waals surface area contributed by atoms with Crippen LogP contribution in [0.2, 0.25) is 0 Å². The predicted molar refractivity (Wildman–Crippen MR) is 40.4 cm³/mol. The van der Waals surface area contributed by atoms with E-state index in [9.17, 15) is 14.4 Å². The molecule has 1 atom stereocenters. The van der Waals surface area contributed by atoms with Gasteiger partial charge in [0, 0.05) is 0 Å². The maximum absolute atomic E-state index is 11.0. The van der Waals surface area contributed by atoms with Gasteiger partial charge in [-0.15, -0.1) is 0 Å². The first-order valence-corrected chi connectivity index (χ1v) is 3.63. The van der Waals surface area contributed by atoms with Crippen LogP contribution in [0.25, 0.3) is 0 Å². The van der Waals surface area contributed by atoms with Gasteiger partial charge in [-0.05, 0) is 13.8 Å². The molecule has 1 aliphatic heterocycles. The number of rotatable bonds is 2. The van der Waals surface area contributed by atoms with E-state index in [0.29, 0.717) is 0 Å². The Labute approximate surface area is 69.7 Å². The zero-order chi connectivity index (χ0) is 9.30. The van der Waals surface area contributed by atoms with Crippen LogP contribution in [0.15, 0.2) is 0 Å². The van der Waals surface area contributed by atoms with Gasteiger partial charge in [0.2, 0.25) is 5.91 Å². The summed E-state index contributed by atoms with van der Waals surface area (Å²) >= 11 is 0. The minimum Gasteiger partial charge on any atom is -0.305 e. The monoisotopic (exact) mass is 170 g/mol. The highest BCUT2D eigenvalue weighted by atomic mass is 16.2. The molecule has 1 heterocycles. The molecule has 1 fully saturated rings.